The SMILES string of the molecule is O=S1(=O)CCC(n2c(C3CCNC3)nc3cccnc32)C1. The van der Waals surface area contributed by atoms with E-state index in [9.17, 15) is 8.42 Å². The molecule has 0 bridgehead atoms. The zero-order valence-corrected chi connectivity index (χ0v) is 12.5. The minimum atomic E-state index is -2.92. The summed E-state index contributed by atoms with van der Waals surface area (Å²) in [6.07, 6.45) is 3.46. The first kappa shape index (κ1) is 13.2. The Labute approximate surface area is 123 Å². The number of nitrogens with one attached hydrogen (secondary N) is 1. The van der Waals surface area contributed by atoms with Crippen molar-refractivity contribution >= 4 is 21.0 Å². The van der Waals surface area contributed by atoms with Gasteiger partial charge in [0.05, 0.1) is 17.5 Å². The van der Waals surface area contributed by atoms with Crippen molar-refractivity contribution < 1.29 is 8.42 Å². The van der Waals surface area contributed by atoms with Gasteiger partial charge in [-0.3, -0.25) is 0 Å². The average Bonchev–Trinajstić information content (AvgIpc) is 3.15. The van der Waals surface area contributed by atoms with Gasteiger partial charge in [0.2, 0.25) is 0 Å². The largest absolute Gasteiger partial charge is 0.316 e. The van der Waals surface area contributed by atoms with E-state index < -0.39 is 9.84 Å². The van der Waals surface area contributed by atoms with E-state index in [-0.39, 0.29) is 17.5 Å². The Kier molecular flexibility index (Phi) is 3.00. The maximum atomic E-state index is 11.8. The monoisotopic (exact) mass is 306 g/mol. The lowest BCUT2D eigenvalue weighted by Crippen LogP contribution is -2.18. The first-order valence-corrected chi connectivity index (χ1v) is 9.20. The highest BCUT2D eigenvalue weighted by Crippen LogP contribution is 2.33. The molecule has 0 aliphatic carbocycles. The molecule has 0 aromatic carbocycles. The molecule has 2 fully saturated rings. The second kappa shape index (κ2) is 4.78. The summed E-state index contributed by atoms with van der Waals surface area (Å²) < 4.78 is 25.8. The second-order valence-corrected chi connectivity index (χ2v) is 8.16. The van der Waals surface area contributed by atoms with E-state index in [1.54, 1.807) is 6.20 Å². The normalized spacial score (nSPS) is 28.4. The van der Waals surface area contributed by atoms with E-state index in [0.29, 0.717) is 12.3 Å². The summed E-state index contributed by atoms with van der Waals surface area (Å²) in [4.78, 5) is 9.20. The molecule has 4 heterocycles. The molecule has 0 radical (unpaired) electrons. The lowest BCUT2D eigenvalue weighted by atomic mass is 10.1. The molecule has 2 aromatic heterocycles. The highest BCUT2D eigenvalue weighted by atomic mass is 32.2. The van der Waals surface area contributed by atoms with Gasteiger partial charge in [0, 0.05) is 18.7 Å². The molecule has 2 aromatic rings. The predicted octanol–water partition coefficient (Wildman–Crippen LogP) is 0.868. The maximum absolute atomic E-state index is 11.8. The Hall–Kier alpha value is -1.47. The summed E-state index contributed by atoms with van der Waals surface area (Å²) in [5.41, 5.74) is 1.69. The topological polar surface area (TPSA) is 76.9 Å². The Morgan fingerprint density at radius 2 is 2.24 bits per heavy atom. The van der Waals surface area contributed by atoms with Crippen LogP contribution in [-0.4, -0.2) is 47.5 Å². The fraction of sp³-hybridized carbons (Fsp3) is 0.571. The summed E-state index contributed by atoms with van der Waals surface area (Å²) in [5.74, 6) is 1.83. The smallest absolute Gasteiger partial charge is 0.160 e. The number of pyridine rings is 1. The molecule has 2 aliphatic rings. The quantitative estimate of drug-likeness (QED) is 0.891. The van der Waals surface area contributed by atoms with Crippen molar-refractivity contribution in [2.45, 2.75) is 24.8 Å². The predicted molar refractivity (Wildman–Crippen MR) is 80.1 cm³/mol. The van der Waals surface area contributed by atoms with Crippen LogP contribution < -0.4 is 5.32 Å². The number of fused-ring (bicyclic) bond motifs is 1. The van der Waals surface area contributed by atoms with E-state index in [2.05, 4.69) is 14.9 Å². The molecule has 2 atom stereocenters. The van der Waals surface area contributed by atoms with E-state index >= 15 is 0 Å². The lowest BCUT2D eigenvalue weighted by molar-refractivity contribution is 0.519. The van der Waals surface area contributed by atoms with Gasteiger partial charge in [-0.15, -0.1) is 0 Å². The van der Waals surface area contributed by atoms with Crippen LogP contribution in [0.2, 0.25) is 0 Å². The Bertz CT molecular complexity index is 777. The molecule has 0 spiro atoms. The maximum Gasteiger partial charge on any atom is 0.160 e. The number of hydrogen-bond acceptors (Lipinski definition) is 5. The van der Waals surface area contributed by atoms with Crippen LogP contribution in [0.3, 0.4) is 0 Å². The fourth-order valence-electron chi connectivity index (χ4n) is 3.45. The number of rotatable bonds is 2. The van der Waals surface area contributed by atoms with Crippen molar-refractivity contribution in [2.24, 2.45) is 0 Å². The number of aromatic nitrogens is 3. The van der Waals surface area contributed by atoms with E-state index in [4.69, 9.17) is 4.98 Å². The number of nitrogens with zero attached hydrogens (tertiary/aromatic N) is 3. The first-order chi connectivity index (χ1) is 10.1. The molecular formula is C14H18N4O2S. The Morgan fingerprint density at radius 1 is 1.33 bits per heavy atom. The van der Waals surface area contributed by atoms with Gasteiger partial charge >= 0.3 is 0 Å². The first-order valence-electron chi connectivity index (χ1n) is 7.38. The van der Waals surface area contributed by atoms with E-state index in [1.807, 2.05) is 12.1 Å². The second-order valence-electron chi connectivity index (χ2n) is 5.93. The van der Waals surface area contributed by atoms with Crippen molar-refractivity contribution in [3.05, 3.63) is 24.2 Å². The van der Waals surface area contributed by atoms with E-state index in [1.165, 1.54) is 0 Å². The van der Waals surface area contributed by atoms with Gasteiger partial charge in [-0.25, -0.2) is 18.4 Å². The molecule has 6 nitrogen and oxygen atoms in total. The van der Waals surface area contributed by atoms with Crippen LogP contribution in [0.4, 0.5) is 0 Å². The highest BCUT2D eigenvalue weighted by Gasteiger charge is 2.34. The van der Waals surface area contributed by atoms with Crippen molar-refractivity contribution in [1.29, 1.82) is 0 Å². The fourth-order valence-corrected chi connectivity index (χ4v) is 5.15. The van der Waals surface area contributed by atoms with Crippen molar-refractivity contribution in [1.82, 2.24) is 19.9 Å². The van der Waals surface area contributed by atoms with Crippen LogP contribution in [0.15, 0.2) is 18.3 Å². The van der Waals surface area contributed by atoms with Gasteiger partial charge in [0.25, 0.3) is 0 Å². The molecular weight excluding hydrogens is 288 g/mol. The summed E-state index contributed by atoms with van der Waals surface area (Å²) in [6, 6.07) is 3.81. The zero-order chi connectivity index (χ0) is 14.4. The molecule has 0 saturated carbocycles. The number of hydrogen-bond donors (Lipinski definition) is 1. The van der Waals surface area contributed by atoms with Gasteiger partial charge in [-0.1, -0.05) is 0 Å². The van der Waals surface area contributed by atoms with Gasteiger partial charge in [0.1, 0.15) is 11.3 Å². The van der Waals surface area contributed by atoms with Crippen LogP contribution >= 0.6 is 0 Å². The van der Waals surface area contributed by atoms with Crippen molar-refractivity contribution in [2.75, 3.05) is 24.6 Å². The summed E-state index contributed by atoms with van der Waals surface area (Å²) in [6.45, 7) is 1.90. The summed E-state index contributed by atoms with van der Waals surface area (Å²) in [5, 5.41) is 3.36. The Morgan fingerprint density at radius 3 is 2.95 bits per heavy atom. The minimum absolute atomic E-state index is 0.0227. The van der Waals surface area contributed by atoms with Gasteiger partial charge in [-0.05, 0) is 31.5 Å². The molecule has 7 heteroatoms. The van der Waals surface area contributed by atoms with Gasteiger partial charge in [-0.2, -0.15) is 0 Å². The highest BCUT2D eigenvalue weighted by molar-refractivity contribution is 7.91. The molecule has 2 unspecified atom stereocenters. The molecule has 2 saturated heterocycles. The lowest BCUT2D eigenvalue weighted by Gasteiger charge is -2.17. The standard InChI is InChI=1S/C14H18N4O2S/c19-21(20)7-4-11(9-21)18-13(10-3-6-15-8-10)17-12-2-1-5-16-14(12)18/h1-2,5,10-11,15H,3-4,6-9H2. The third kappa shape index (κ3) is 2.24. The van der Waals surface area contributed by atoms with Crippen LogP contribution in [-0.2, 0) is 9.84 Å². The molecule has 21 heavy (non-hydrogen) atoms. The number of imidazole rings is 1. The van der Waals surface area contributed by atoms with Gasteiger partial charge in [0.15, 0.2) is 15.5 Å². The van der Waals surface area contributed by atoms with Gasteiger partial charge < -0.3 is 9.88 Å². The third-order valence-corrected chi connectivity index (χ3v) is 6.23. The van der Waals surface area contributed by atoms with Crippen molar-refractivity contribution in [3.63, 3.8) is 0 Å². The summed E-state index contributed by atoms with van der Waals surface area (Å²) >= 11 is 0. The van der Waals surface area contributed by atoms with Crippen molar-refractivity contribution in [3.8, 4) is 0 Å². The van der Waals surface area contributed by atoms with Crippen LogP contribution in [0.1, 0.15) is 30.6 Å². The number of sulfone groups is 1. The summed E-state index contributed by atoms with van der Waals surface area (Å²) in [7, 11) is -2.92. The molecule has 2 aliphatic heterocycles. The van der Waals surface area contributed by atoms with E-state index in [0.717, 1.165) is 36.5 Å². The average molecular weight is 306 g/mol. The molecule has 1 N–H and O–H groups in total. The minimum Gasteiger partial charge on any atom is -0.316 e. The third-order valence-electron chi connectivity index (χ3n) is 4.48. The van der Waals surface area contributed by atoms with Crippen LogP contribution in [0.25, 0.3) is 11.2 Å². The molecule has 112 valence electrons. The van der Waals surface area contributed by atoms with Crippen LogP contribution in [0.5, 0.6) is 0 Å². The Balaban J connectivity index is 1.86. The van der Waals surface area contributed by atoms with Crippen LogP contribution in [0, 0.1) is 0 Å². The zero-order valence-electron chi connectivity index (χ0n) is 11.7. The molecule has 4 rings (SSSR count). The molecule has 0 amide bonds.